The molecule has 3 aromatic rings. The Bertz CT molecular complexity index is 945. The molecule has 0 bridgehead atoms. The zero-order chi connectivity index (χ0) is 16.5. The number of ether oxygens (including phenoxy) is 1. The lowest BCUT2D eigenvalue weighted by Gasteiger charge is -2.29. The minimum atomic E-state index is -0.0964. The number of aromatic amines is 1. The van der Waals surface area contributed by atoms with Crippen molar-refractivity contribution in [1.82, 2.24) is 4.98 Å². The number of hydrogen-bond acceptors (Lipinski definition) is 3. The highest BCUT2D eigenvalue weighted by atomic mass is 16.5. The minimum Gasteiger partial charge on any atom is -0.378 e. The highest BCUT2D eigenvalue weighted by Crippen LogP contribution is 2.23. The van der Waals surface area contributed by atoms with Crippen molar-refractivity contribution < 1.29 is 4.74 Å². The molecule has 2 aromatic carbocycles. The van der Waals surface area contributed by atoms with Crippen molar-refractivity contribution in [2.24, 2.45) is 0 Å². The summed E-state index contributed by atoms with van der Waals surface area (Å²) in [5.41, 5.74) is 3.19. The van der Waals surface area contributed by atoms with Gasteiger partial charge in [0.1, 0.15) is 7.85 Å². The second kappa shape index (κ2) is 6.17. The van der Waals surface area contributed by atoms with Gasteiger partial charge in [0, 0.05) is 29.9 Å². The fourth-order valence-electron chi connectivity index (χ4n) is 3.15. The van der Waals surface area contributed by atoms with Gasteiger partial charge >= 0.3 is 0 Å². The lowest BCUT2D eigenvalue weighted by molar-refractivity contribution is 0.122. The number of benzene rings is 2. The number of rotatable bonds is 2. The Morgan fingerprint density at radius 2 is 1.83 bits per heavy atom. The molecule has 0 atom stereocenters. The van der Waals surface area contributed by atoms with Gasteiger partial charge in [-0.25, -0.2) is 0 Å². The first-order valence-corrected chi connectivity index (χ1v) is 8.07. The van der Waals surface area contributed by atoms with E-state index in [4.69, 9.17) is 12.6 Å². The molecule has 0 amide bonds. The van der Waals surface area contributed by atoms with Crippen molar-refractivity contribution in [3.05, 3.63) is 58.9 Å². The van der Waals surface area contributed by atoms with Gasteiger partial charge in [-0.05, 0) is 29.1 Å². The number of aromatic nitrogens is 1. The first-order valence-electron chi connectivity index (χ1n) is 8.07. The molecule has 4 rings (SSSR count). The average Bonchev–Trinajstić information content (AvgIpc) is 2.62. The smallest absolute Gasteiger partial charge is 0.256 e. The van der Waals surface area contributed by atoms with Crippen LogP contribution >= 0.6 is 0 Å². The standard InChI is InChI=1S/C19H17BN2O2/c20-17-4-2-1-3-15(17)18-11-13-5-6-14(12-16(13)19(23)21-18)22-7-9-24-10-8-22/h1-6,11-12H,7-10H2,(H,21,23). The fourth-order valence-corrected chi connectivity index (χ4v) is 3.15. The third-order valence-electron chi connectivity index (χ3n) is 4.46. The van der Waals surface area contributed by atoms with Crippen LogP contribution in [-0.4, -0.2) is 39.1 Å². The van der Waals surface area contributed by atoms with Crippen molar-refractivity contribution in [2.45, 2.75) is 0 Å². The molecule has 1 N–H and O–H groups in total. The van der Waals surface area contributed by atoms with Crippen LogP contribution in [-0.2, 0) is 4.74 Å². The van der Waals surface area contributed by atoms with E-state index in [2.05, 4.69) is 16.0 Å². The van der Waals surface area contributed by atoms with Gasteiger partial charge in [-0.15, -0.1) is 0 Å². The third kappa shape index (κ3) is 2.72. The van der Waals surface area contributed by atoms with E-state index in [0.29, 0.717) is 10.8 Å². The summed E-state index contributed by atoms with van der Waals surface area (Å²) in [7, 11) is 6.03. The zero-order valence-corrected chi connectivity index (χ0v) is 13.3. The van der Waals surface area contributed by atoms with Gasteiger partial charge < -0.3 is 14.6 Å². The molecule has 2 radical (unpaired) electrons. The van der Waals surface area contributed by atoms with Crippen LogP contribution in [0.2, 0.25) is 0 Å². The summed E-state index contributed by atoms with van der Waals surface area (Å²) in [6, 6.07) is 15.5. The zero-order valence-electron chi connectivity index (χ0n) is 13.3. The van der Waals surface area contributed by atoms with E-state index in [0.717, 1.165) is 48.6 Å². The lowest BCUT2D eigenvalue weighted by Crippen LogP contribution is -2.36. The van der Waals surface area contributed by atoms with Crippen molar-refractivity contribution in [3.63, 3.8) is 0 Å². The van der Waals surface area contributed by atoms with Crippen LogP contribution < -0.4 is 15.9 Å². The highest BCUT2D eigenvalue weighted by molar-refractivity contribution is 6.35. The van der Waals surface area contributed by atoms with Gasteiger partial charge in [0.15, 0.2) is 0 Å². The van der Waals surface area contributed by atoms with Crippen LogP contribution in [0.25, 0.3) is 22.0 Å². The number of H-pyrrole nitrogens is 1. The number of nitrogens with one attached hydrogen (secondary N) is 1. The number of nitrogens with zero attached hydrogens (tertiary/aromatic N) is 1. The van der Waals surface area contributed by atoms with Crippen molar-refractivity contribution in [3.8, 4) is 11.3 Å². The Hall–Kier alpha value is -2.53. The van der Waals surface area contributed by atoms with E-state index in [1.54, 1.807) is 0 Å². The summed E-state index contributed by atoms with van der Waals surface area (Å²) >= 11 is 0. The minimum absolute atomic E-state index is 0.0964. The molecule has 4 nitrogen and oxygen atoms in total. The predicted octanol–water partition coefficient (Wildman–Crippen LogP) is 1.83. The molecular weight excluding hydrogens is 299 g/mol. The first-order chi connectivity index (χ1) is 11.7. The van der Waals surface area contributed by atoms with Gasteiger partial charge in [-0.1, -0.05) is 35.8 Å². The molecule has 1 aromatic heterocycles. The molecular formula is C19H17BN2O2. The Morgan fingerprint density at radius 3 is 2.62 bits per heavy atom. The maximum atomic E-state index is 12.6. The quantitative estimate of drug-likeness (QED) is 0.734. The molecule has 24 heavy (non-hydrogen) atoms. The van der Waals surface area contributed by atoms with E-state index >= 15 is 0 Å². The summed E-state index contributed by atoms with van der Waals surface area (Å²) in [6.45, 7) is 3.14. The molecule has 1 saturated heterocycles. The second-order valence-electron chi connectivity index (χ2n) is 5.97. The van der Waals surface area contributed by atoms with Gasteiger partial charge in [0.25, 0.3) is 5.56 Å². The van der Waals surface area contributed by atoms with Gasteiger partial charge in [-0.2, -0.15) is 0 Å². The number of pyridine rings is 1. The molecule has 1 fully saturated rings. The first kappa shape index (κ1) is 15.0. The SMILES string of the molecule is [B]c1ccccc1-c1cc2ccc(N3CCOCC3)cc2c(=O)[nH]1. The third-order valence-corrected chi connectivity index (χ3v) is 4.46. The number of fused-ring (bicyclic) bond motifs is 1. The van der Waals surface area contributed by atoms with Crippen LogP contribution in [0.4, 0.5) is 5.69 Å². The molecule has 1 aliphatic heterocycles. The fraction of sp³-hybridized carbons (Fsp3) is 0.211. The Morgan fingerprint density at radius 1 is 1.04 bits per heavy atom. The van der Waals surface area contributed by atoms with Gasteiger partial charge in [0.05, 0.1) is 13.2 Å². The highest BCUT2D eigenvalue weighted by Gasteiger charge is 2.13. The van der Waals surface area contributed by atoms with E-state index in [1.807, 2.05) is 42.5 Å². The van der Waals surface area contributed by atoms with E-state index < -0.39 is 0 Å². The summed E-state index contributed by atoms with van der Waals surface area (Å²) in [5, 5.41) is 1.60. The number of morpholine rings is 1. The largest absolute Gasteiger partial charge is 0.378 e. The molecule has 118 valence electrons. The maximum absolute atomic E-state index is 12.6. The Labute approximate surface area is 141 Å². The lowest BCUT2D eigenvalue weighted by atomic mass is 9.89. The molecule has 5 heteroatoms. The average molecular weight is 316 g/mol. The molecule has 0 saturated carbocycles. The molecule has 0 spiro atoms. The van der Waals surface area contributed by atoms with Crippen molar-refractivity contribution >= 4 is 29.8 Å². The monoisotopic (exact) mass is 316 g/mol. The second-order valence-corrected chi connectivity index (χ2v) is 5.97. The summed E-state index contributed by atoms with van der Waals surface area (Å²) < 4.78 is 5.39. The van der Waals surface area contributed by atoms with Crippen LogP contribution in [0.5, 0.6) is 0 Å². The summed E-state index contributed by atoms with van der Waals surface area (Å²) in [4.78, 5) is 17.8. The van der Waals surface area contributed by atoms with Crippen LogP contribution in [0, 0.1) is 0 Å². The van der Waals surface area contributed by atoms with Crippen LogP contribution in [0.15, 0.2) is 53.3 Å². The van der Waals surface area contributed by atoms with Crippen LogP contribution in [0.1, 0.15) is 0 Å². The molecule has 0 aliphatic carbocycles. The molecule has 1 aliphatic rings. The normalized spacial score (nSPS) is 14.9. The van der Waals surface area contributed by atoms with Gasteiger partial charge in [-0.3, -0.25) is 4.79 Å². The predicted molar refractivity (Wildman–Crippen MR) is 98.4 cm³/mol. The van der Waals surface area contributed by atoms with E-state index in [1.165, 1.54) is 0 Å². The van der Waals surface area contributed by atoms with Crippen LogP contribution in [0.3, 0.4) is 0 Å². The Balaban J connectivity index is 1.80. The molecule has 0 unspecified atom stereocenters. The number of hydrogen-bond donors (Lipinski definition) is 1. The molecule has 2 heterocycles. The van der Waals surface area contributed by atoms with Crippen molar-refractivity contribution in [1.29, 1.82) is 0 Å². The summed E-state index contributed by atoms with van der Waals surface area (Å²) in [5.74, 6) is 0. The topological polar surface area (TPSA) is 45.3 Å². The van der Waals surface area contributed by atoms with E-state index in [9.17, 15) is 4.79 Å². The Kier molecular flexibility index (Phi) is 3.86. The van der Waals surface area contributed by atoms with Gasteiger partial charge in [0.2, 0.25) is 0 Å². The van der Waals surface area contributed by atoms with E-state index in [-0.39, 0.29) is 5.56 Å². The summed E-state index contributed by atoms with van der Waals surface area (Å²) in [6.07, 6.45) is 0. The maximum Gasteiger partial charge on any atom is 0.256 e. The van der Waals surface area contributed by atoms with Crippen molar-refractivity contribution in [2.75, 3.05) is 31.2 Å². The number of anilines is 1.